The summed E-state index contributed by atoms with van der Waals surface area (Å²) < 4.78 is 23.8. The van der Waals surface area contributed by atoms with Crippen molar-refractivity contribution in [1.82, 2.24) is 24.1 Å². The maximum Gasteiger partial charge on any atom is 0.212 e. The van der Waals surface area contributed by atoms with Crippen molar-refractivity contribution >= 4 is 17.4 Å². The van der Waals surface area contributed by atoms with E-state index in [-0.39, 0.29) is 23.8 Å². The number of halogens is 1. The summed E-state index contributed by atoms with van der Waals surface area (Å²) >= 11 is 0. The summed E-state index contributed by atoms with van der Waals surface area (Å²) in [6, 6.07) is 14.0. The molecule has 0 unspecified atom stereocenters. The number of benzene rings is 2. The summed E-state index contributed by atoms with van der Waals surface area (Å²) in [5.41, 5.74) is 5.22. The second-order valence-corrected chi connectivity index (χ2v) is 8.76. The minimum Gasteiger partial charge on any atom is -0.493 e. The first-order chi connectivity index (χ1) is 19.5. The number of nitrogens with zero attached hydrogens (tertiary/aromatic N) is 5. The highest BCUT2D eigenvalue weighted by Gasteiger charge is 2.22. The van der Waals surface area contributed by atoms with Crippen LogP contribution in [-0.4, -0.2) is 36.5 Å². The van der Waals surface area contributed by atoms with Gasteiger partial charge in [0.1, 0.15) is 17.3 Å². The van der Waals surface area contributed by atoms with E-state index in [0.717, 1.165) is 22.5 Å². The normalized spacial score (nSPS) is 11.6. The molecule has 1 aliphatic rings. The van der Waals surface area contributed by atoms with Gasteiger partial charge in [-0.3, -0.25) is 13.9 Å². The van der Waals surface area contributed by atoms with Gasteiger partial charge in [-0.15, -0.1) is 0 Å². The molecule has 208 valence electrons. The molecule has 9 heteroatoms. The zero-order chi connectivity index (χ0) is 28.8. The third-order valence-electron chi connectivity index (χ3n) is 6.40. The van der Waals surface area contributed by atoms with Gasteiger partial charge >= 0.3 is 0 Å². The number of anilines is 1. The van der Waals surface area contributed by atoms with Crippen LogP contribution in [0.4, 0.5) is 10.3 Å². The maximum absolute atomic E-state index is 14.7. The number of hydrogen-bond acceptors (Lipinski definition) is 6. The summed E-state index contributed by atoms with van der Waals surface area (Å²) in [6.45, 7) is 10.7. The molecule has 6 rings (SSSR count). The van der Waals surface area contributed by atoms with Crippen LogP contribution in [-0.2, 0) is 20.0 Å². The molecule has 2 aromatic carbocycles. The second kappa shape index (κ2) is 12.5. The highest BCUT2D eigenvalue weighted by molar-refractivity contribution is 6.08. The Morgan fingerprint density at radius 3 is 2.55 bits per heavy atom. The number of ether oxygens (including phenoxy) is 1. The van der Waals surface area contributed by atoms with E-state index < -0.39 is 0 Å². The average molecular weight is 543 g/mol. The summed E-state index contributed by atoms with van der Waals surface area (Å²) in [7, 11) is 1.85. The van der Waals surface area contributed by atoms with Gasteiger partial charge < -0.3 is 10.1 Å². The van der Waals surface area contributed by atoms with Crippen molar-refractivity contribution in [2.24, 2.45) is 7.05 Å². The smallest absolute Gasteiger partial charge is 0.212 e. The summed E-state index contributed by atoms with van der Waals surface area (Å²) in [4.78, 5) is 22.5. The molecule has 1 N–H and O–H groups in total. The Morgan fingerprint density at radius 2 is 1.85 bits per heavy atom. The first-order valence-electron chi connectivity index (χ1n) is 13.7. The van der Waals surface area contributed by atoms with Crippen LogP contribution in [0.1, 0.15) is 60.6 Å². The molecule has 3 aromatic heterocycles. The Balaban J connectivity index is 0.000000886. The van der Waals surface area contributed by atoms with Crippen molar-refractivity contribution in [3.63, 3.8) is 0 Å². The number of fused-ring (bicyclic) bond motifs is 2. The van der Waals surface area contributed by atoms with E-state index in [9.17, 15) is 9.18 Å². The number of hydrogen-bond donors (Lipinski definition) is 1. The Morgan fingerprint density at radius 1 is 1.10 bits per heavy atom. The fraction of sp³-hybridized carbons (Fsp3) is 0.290. The van der Waals surface area contributed by atoms with Crippen molar-refractivity contribution in [1.29, 1.82) is 0 Å². The van der Waals surface area contributed by atoms with Crippen LogP contribution in [0.2, 0.25) is 0 Å². The molecule has 0 amide bonds. The zero-order valence-corrected chi connectivity index (χ0v) is 23.8. The van der Waals surface area contributed by atoms with E-state index >= 15 is 0 Å². The van der Waals surface area contributed by atoms with Crippen LogP contribution in [0, 0.1) is 12.7 Å². The first-order valence-corrected chi connectivity index (χ1v) is 13.7. The standard InChI is InChI=1S/C27H23FN6O2.2C2H6/c1-16-12-23(33(2)32-16)20-14-30-27(29-13-19-18-10-11-36-24(18)9-8-21(19)28)34-15-22(31-26(20)34)25(35)17-6-4-3-5-7-17;2*1-2/h3-9,12,14-15H,10-11,13H2,1-2H3,(H,29,30);2*1-2H3. The van der Waals surface area contributed by atoms with Gasteiger partial charge in [0.25, 0.3) is 0 Å². The van der Waals surface area contributed by atoms with E-state index in [4.69, 9.17) is 9.72 Å². The topological polar surface area (TPSA) is 86.3 Å². The number of nitrogens with one attached hydrogen (secondary N) is 1. The van der Waals surface area contributed by atoms with Crippen LogP contribution >= 0.6 is 0 Å². The van der Waals surface area contributed by atoms with Crippen molar-refractivity contribution in [2.75, 3.05) is 11.9 Å². The maximum atomic E-state index is 14.7. The largest absolute Gasteiger partial charge is 0.493 e. The molecule has 4 heterocycles. The molecule has 1 aliphatic heterocycles. The van der Waals surface area contributed by atoms with Crippen molar-refractivity contribution in [3.8, 4) is 17.0 Å². The predicted octanol–water partition coefficient (Wildman–Crippen LogP) is 6.41. The van der Waals surface area contributed by atoms with Gasteiger partial charge in [0.05, 0.1) is 23.6 Å². The molecule has 0 bridgehead atoms. The molecule has 0 saturated carbocycles. The van der Waals surface area contributed by atoms with E-state index in [1.54, 1.807) is 39.7 Å². The number of carbonyl (C=O) groups excluding carboxylic acids is 1. The molecule has 0 aliphatic carbocycles. The molecular weight excluding hydrogens is 507 g/mol. The number of ketones is 1. The zero-order valence-electron chi connectivity index (χ0n) is 23.8. The lowest BCUT2D eigenvalue weighted by atomic mass is 10.0. The Bertz CT molecular complexity index is 1620. The van der Waals surface area contributed by atoms with Gasteiger partial charge in [-0.2, -0.15) is 5.10 Å². The summed E-state index contributed by atoms with van der Waals surface area (Å²) in [5.74, 6) is 0.673. The summed E-state index contributed by atoms with van der Waals surface area (Å²) in [6.07, 6.45) is 4.03. The number of aryl methyl sites for hydroxylation is 2. The monoisotopic (exact) mass is 542 g/mol. The predicted molar refractivity (Wildman–Crippen MR) is 155 cm³/mol. The van der Waals surface area contributed by atoms with Gasteiger partial charge in [-0.25, -0.2) is 14.4 Å². The van der Waals surface area contributed by atoms with Crippen LogP contribution < -0.4 is 10.1 Å². The molecule has 5 aromatic rings. The highest BCUT2D eigenvalue weighted by Crippen LogP contribution is 2.31. The van der Waals surface area contributed by atoms with Gasteiger partial charge in [0.2, 0.25) is 11.7 Å². The molecular formula is C31H35FN6O2. The van der Waals surface area contributed by atoms with Crippen LogP contribution in [0.25, 0.3) is 16.9 Å². The first kappa shape index (κ1) is 28.5. The number of imidazole rings is 1. The van der Waals surface area contributed by atoms with Crippen molar-refractivity contribution < 1.29 is 13.9 Å². The fourth-order valence-corrected chi connectivity index (χ4v) is 4.67. The lowest BCUT2D eigenvalue weighted by Gasteiger charge is -2.13. The van der Waals surface area contributed by atoms with Gasteiger partial charge in [0.15, 0.2) is 5.65 Å². The molecule has 0 fully saturated rings. The van der Waals surface area contributed by atoms with Gasteiger partial charge in [-0.05, 0) is 25.1 Å². The quantitative estimate of drug-likeness (QED) is 0.250. The fourth-order valence-electron chi connectivity index (χ4n) is 4.67. The number of carbonyl (C=O) groups is 1. The highest BCUT2D eigenvalue weighted by atomic mass is 19.1. The van der Waals surface area contributed by atoms with Crippen LogP contribution in [0.3, 0.4) is 0 Å². The Kier molecular flexibility index (Phi) is 8.93. The Hall–Kier alpha value is -4.53. The lowest BCUT2D eigenvalue weighted by Crippen LogP contribution is -2.10. The molecule has 0 atom stereocenters. The third kappa shape index (κ3) is 5.45. The Labute approximate surface area is 233 Å². The molecule has 0 saturated heterocycles. The minimum atomic E-state index is -0.296. The van der Waals surface area contributed by atoms with Crippen LogP contribution in [0.5, 0.6) is 5.75 Å². The van der Waals surface area contributed by atoms with E-state index in [1.807, 2.05) is 65.9 Å². The minimum absolute atomic E-state index is 0.193. The molecule has 0 spiro atoms. The van der Waals surface area contributed by atoms with Crippen LogP contribution in [0.15, 0.2) is 60.9 Å². The second-order valence-electron chi connectivity index (χ2n) is 8.76. The lowest BCUT2D eigenvalue weighted by molar-refractivity contribution is 0.103. The van der Waals surface area contributed by atoms with Crippen molar-refractivity contribution in [2.45, 2.75) is 47.6 Å². The SMILES string of the molecule is CC.CC.Cc1cc(-c2cnc(NCc3c(F)ccc4c3CCO4)n3cc(C(=O)c4ccccc4)nc23)n(C)n1. The van der Waals surface area contributed by atoms with E-state index in [0.29, 0.717) is 41.5 Å². The third-order valence-corrected chi connectivity index (χ3v) is 6.40. The number of rotatable bonds is 6. The molecule has 40 heavy (non-hydrogen) atoms. The van der Waals surface area contributed by atoms with Crippen molar-refractivity contribution in [3.05, 3.63) is 94.8 Å². The molecule has 8 nitrogen and oxygen atoms in total. The van der Waals surface area contributed by atoms with Gasteiger partial charge in [-0.1, -0.05) is 58.0 Å². The van der Waals surface area contributed by atoms with E-state index in [1.165, 1.54) is 6.07 Å². The van der Waals surface area contributed by atoms with E-state index in [2.05, 4.69) is 15.4 Å². The number of aromatic nitrogens is 5. The summed E-state index contributed by atoms with van der Waals surface area (Å²) in [5, 5.41) is 7.69. The average Bonchev–Trinajstić information content (AvgIpc) is 3.73. The molecule has 0 radical (unpaired) electrons. The van der Waals surface area contributed by atoms with Gasteiger partial charge in [0, 0.05) is 49.1 Å².